The Bertz CT molecular complexity index is 734. The van der Waals surface area contributed by atoms with E-state index in [4.69, 9.17) is 0 Å². The van der Waals surface area contributed by atoms with E-state index in [1.54, 1.807) is 4.90 Å². The summed E-state index contributed by atoms with van der Waals surface area (Å²) in [5.41, 5.74) is -0.0571. The van der Waals surface area contributed by atoms with E-state index in [2.05, 4.69) is 9.97 Å². The monoisotopic (exact) mass is 372 g/mol. The van der Waals surface area contributed by atoms with Crippen molar-refractivity contribution in [2.45, 2.75) is 50.9 Å². The average molecular weight is 373 g/mol. The molecule has 1 aromatic heterocycles. The minimum atomic E-state index is -0.274. The van der Waals surface area contributed by atoms with Crippen molar-refractivity contribution in [3.63, 3.8) is 0 Å². The van der Waals surface area contributed by atoms with Gasteiger partial charge in [0, 0.05) is 31.2 Å². The highest BCUT2D eigenvalue weighted by molar-refractivity contribution is 5.93. The molecule has 148 valence electrons. The minimum Gasteiger partial charge on any atom is -0.337 e. The van der Waals surface area contributed by atoms with Crippen LogP contribution in [0.1, 0.15) is 61.6 Å². The number of nitrogens with zero attached hydrogens (tertiary/aromatic N) is 3. The Morgan fingerprint density at radius 1 is 1.15 bits per heavy atom. The molecule has 6 heteroatoms. The molecule has 0 spiro atoms. The van der Waals surface area contributed by atoms with Gasteiger partial charge >= 0.3 is 0 Å². The van der Waals surface area contributed by atoms with Crippen LogP contribution in [0, 0.1) is 17.8 Å². The van der Waals surface area contributed by atoms with Crippen LogP contribution in [-0.2, 0) is 5.41 Å². The van der Waals surface area contributed by atoms with Crippen LogP contribution >= 0.6 is 0 Å². The number of aromatic amines is 1. The van der Waals surface area contributed by atoms with Crippen LogP contribution < -0.4 is 5.56 Å². The summed E-state index contributed by atoms with van der Waals surface area (Å²) in [5.74, 6) is 3.00. The summed E-state index contributed by atoms with van der Waals surface area (Å²) in [5, 5.41) is 0. The van der Waals surface area contributed by atoms with Gasteiger partial charge in [-0.25, -0.2) is 4.98 Å². The van der Waals surface area contributed by atoms with Gasteiger partial charge in [-0.2, -0.15) is 0 Å². The predicted octanol–water partition coefficient (Wildman–Crippen LogP) is 2.26. The molecule has 0 aliphatic heterocycles. The number of hydrogen-bond donors (Lipinski definition) is 1. The summed E-state index contributed by atoms with van der Waals surface area (Å²) in [6.45, 7) is 3.91. The lowest BCUT2D eigenvalue weighted by Crippen LogP contribution is -2.50. The molecular formula is C21H32N4O2. The van der Waals surface area contributed by atoms with Crippen LogP contribution in [0.5, 0.6) is 0 Å². The standard InChI is InChI=1S/C21H32N4O2/c1-4-25(6-5-24(2)3)19(27)17-13-22-20(23-18(17)26)21-10-14-7-15(11-21)9-16(8-14)12-21/h13-16H,4-12H2,1-3H3,(H,22,23,26). The first kappa shape index (κ1) is 18.7. The quantitative estimate of drug-likeness (QED) is 0.832. The molecule has 4 aliphatic rings. The van der Waals surface area contributed by atoms with Gasteiger partial charge in [0.25, 0.3) is 11.5 Å². The third kappa shape index (κ3) is 3.44. The Labute approximate surface area is 161 Å². The first-order valence-electron chi connectivity index (χ1n) is 10.4. The molecule has 4 bridgehead atoms. The molecule has 1 amide bonds. The van der Waals surface area contributed by atoms with Crippen LogP contribution in [-0.4, -0.2) is 59.4 Å². The number of amides is 1. The van der Waals surface area contributed by atoms with Gasteiger partial charge in [-0.3, -0.25) is 9.59 Å². The van der Waals surface area contributed by atoms with E-state index in [-0.39, 0.29) is 22.4 Å². The highest BCUT2D eigenvalue weighted by atomic mass is 16.2. The third-order valence-electron chi connectivity index (χ3n) is 7.06. The number of carbonyl (C=O) groups is 1. The SMILES string of the molecule is CCN(CCN(C)C)C(=O)c1cnc(C23CC4CC(CC(C4)C2)C3)[nH]c1=O. The van der Waals surface area contributed by atoms with Crippen LogP contribution in [0.25, 0.3) is 0 Å². The molecule has 0 saturated heterocycles. The van der Waals surface area contributed by atoms with Crippen LogP contribution in [0.4, 0.5) is 0 Å². The minimum absolute atomic E-state index is 0.0465. The molecule has 4 fully saturated rings. The molecule has 0 atom stereocenters. The second-order valence-corrected chi connectivity index (χ2v) is 9.36. The van der Waals surface area contributed by atoms with E-state index in [0.29, 0.717) is 13.1 Å². The molecule has 27 heavy (non-hydrogen) atoms. The zero-order valence-corrected chi connectivity index (χ0v) is 16.8. The van der Waals surface area contributed by atoms with Crippen LogP contribution in [0.15, 0.2) is 11.0 Å². The van der Waals surface area contributed by atoms with Crippen molar-refractivity contribution in [1.82, 2.24) is 19.8 Å². The van der Waals surface area contributed by atoms with Crippen molar-refractivity contribution in [2.75, 3.05) is 33.7 Å². The summed E-state index contributed by atoms with van der Waals surface area (Å²) in [7, 11) is 3.96. The second kappa shape index (κ2) is 7.04. The maximum absolute atomic E-state index is 12.8. The lowest BCUT2D eigenvalue weighted by atomic mass is 9.49. The lowest BCUT2D eigenvalue weighted by molar-refractivity contribution is -0.00955. The molecule has 1 heterocycles. The van der Waals surface area contributed by atoms with E-state index < -0.39 is 0 Å². The van der Waals surface area contributed by atoms with Crippen molar-refractivity contribution >= 4 is 5.91 Å². The third-order valence-corrected chi connectivity index (χ3v) is 7.06. The van der Waals surface area contributed by atoms with Gasteiger partial charge in [0.1, 0.15) is 11.4 Å². The first-order valence-corrected chi connectivity index (χ1v) is 10.4. The topological polar surface area (TPSA) is 69.3 Å². The molecule has 1 N–H and O–H groups in total. The zero-order chi connectivity index (χ0) is 19.2. The fourth-order valence-electron chi connectivity index (χ4n) is 6.11. The summed E-state index contributed by atoms with van der Waals surface area (Å²) in [6.07, 6.45) is 9.07. The number of hydrogen-bond acceptors (Lipinski definition) is 4. The smallest absolute Gasteiger partial charge is 0.263 e. The van der Waals surface area contributed by atoms with Crippen molar-refractivity contribution in [3.05, 3.63) is 27.9 Å². The molecule has 1 aromatic rings. The number of carbonyl (C=O) groups excluding carboxylic acids is 1. The van der Waals surface area contributed by atoms with E-state index in [0.717, 1.165) is 49.4 Å². The second-order valence-electron chi connectivity index (χ2n) is 9.36. The Hall–Kier alpha value is -1.69. The Kier molecular flexibility index (Phi) is 4.87. The molecule has 4 saturated carbocycles. The van der Waals surface area contributed by atoms with Crippen molar-refractivity contribution in [3.8, 4) is 0 Å². The predicted molar refractivity (Wildman–Crippen MR) is 105 cm³/mol. The van der Waals surface area contributed by atoms with Crippen molar-refractivity contribution in [1.29, 1.82) is 0 Å². The highest BCUT2D eigenvalue weighted by Crippen LogP contribution is 2.59. The van der Waals surface area contributed by atoms with Gasteiger partial charge in [-0.15, -0.1) is 0 Å². The van der Waals surface area contributed by atoms with E-state index >= 15 is 0 Å². The van der Waals surface area contributed by atoms with Crippen molar-refractivity contribution in [2.24, 2.45) is 17.8 Å². The number of H-pyrrole nitrogens is 1. The zero-order valence-electron chi connectivity index (χ0n) is 16.8. The summed E-state index contributed by atoms with van der Waals surface area (Å²) in [6, 6.07) is 0. The lowest BCUT2D eigenvalue weighted by Gasteiger charge is -2.56. The van der Waals surface area contributed by atoms with Gasteiger partial charge in [-0.1, -0.05) is 0 Å². The van der Waals surface area contributed by atoms with E-state index in [1.165, 1.54) is 25.5 Å². The average Bonchev–Trinajstić information content (AvgIpc) is 2.60. The molecular weight excluding hydrogens is 340 g/mol. The van der Waals surface area contributed by atoms with Gasteiger partial charge in [0.2, 0.25) is 0 Å². The maximum Gasteiger partial charge on any atom is 0.263 e. The van der Waals surface area contributed by atoms with E-state index in [9.17, 15) is 9.59 Å². The molecule has 0 aromatic carbocycles. The van der Waals surface area contributed by atoms with Gasteiger partial charge in [0.15, 0.2) is 0 Å². The Morgan fingerprint density at radius 3 is 2.22 bits per heavy atom. The molecule has 4 aliphatic carbocycles. The first-order chi connectivity index (χ1) is 12.9. The number of likely N-dealkylation sites (N-methyl/N-ethyl adjacent to an activating group) is 2. The highest BCUT2D eigenvalue weighted by Gasteiger charge is 2.52. The van der Waals surface area contributed by atoms with Crippen LogP contribution in [0.2, 0.25) is 0 Å². The Morgan fingerprint density at radius 2 is 1.74 bits per heavy atom. The summed E-state index contributed by atoms with van der Waals surface area (Å²) < 4.78 is 0. The van der Waals surface area contributed by atoms with E-state index in [1.807, 2.05) is 25.9 Å². The summed E-state index contributed by atoms with van der Waals surface area (Å²) >= 11 is 0. The summed E-state index contributed by atoms with van der Waals surface area (Å²) in [4.78, 5) is 37.0. The van der Waals surface area contributed by atoms with Crippen LogP contribution in [0.3, 0.4) is 0 Å². The van der Waals surface area contributed by atoms with Gasteiger partial charge in [0.05, 0.1) is 0 Å². The molecule has 0 radical (unpaired) electrons. The van der Waals surface area contributed by atoms with Gasteiger partial charge in [-0.05, 0) is 77.3 Å². The molecule has 5 rings (SSSR count). The molecule has 0 unspecified atom stereocenters. The fraction of sp³-hybridized carbons (Fsp3) is 0.762. The largest absolute Gasteiger partial charge is 0.337 e. The molecule has 6 nitrogen and oxygen atoms in total. The number of aromatic nitrogens is 2. The fourth-order valence-corrected chi connectivity index (χ4v) is 6.11. The van der Waals surface area contributed by atoms with Gasteiger partial charge < -0.3 is 14.8 Å². The van der Waals surface area contributed by atoms with Crippen molar-refractivity contribution < 1.29 is 4.79 Å². The number of nitrogens with one attached hydrogen (secondary N) is 1. The normalized spacial score (nSPS) is 31.5. The maximum atomic E-state index is 12.8. The number of rotatable bonds is 6. The Balaban J connectivity index is 1.56.